The molecule has 2 heteroatoms. The average Bonchev–Trinajstić information content (AvgIpc) is 2.38. The van der Waals surface area contributed by atoms with Crippen LogP contribution < -0.4 is 4.74 Å². The molecule has 0 spiro atoms. The third-order valence-corrected chi connectivity index (χ3v) is 3.34. The van der Waals surface area contributed by atoms with Crippen LogP contribution in [0.2, 0.25) is 0 Å². The van der Waals surface area contributed by atoms with Gasteiger partial charge in [-0.2, -0.15) is 0 Å². The van der Waals surface area contributed by atoms with Crippen LogP contribution in [-0.4, -0.2) is 6.61 Å². The standard InChI is InChI=1S/C16H20OS/c1-2-3-4-5-10-17-15-8-6-14-12-16(18)9-7-13(14)11-15/h6-9,11-12,18H,2-5,10H2,1H3. The molecule has 0 N–H and O–H groups in total. The summed E-state index contributed by atoms with van der Waals surface area (Å²) in [5, 5.41) is 2.42. The quantitative estimate of drug-likeness (QED) is 0.562. The molecule has 0 saturated carbocycles. The van der Waals surface area contributed by atoms with Crippen molar-refractivity contribution in [1.29, 1.82) is 0 Å². The molecule has 2 aromatic rings. The minimum Gasteiger partial charge on any atom is -0.494 e. The number of rotatable bonds is 6. The Labute approximate surface area is 115 Å². The van der Waals surface area contributed by atoms with Crippen LogP contribution in [0.5, 0.6) is 5.75 Å². The summed E-state index contributed by atoms with van der Waals surface area (Å²) in [6.45, 7) is 3.04. The summed E-state index contributed by atoms with van der Waals surface area (Å²) in [5.41, 5.74) is 0. The summed E-state index contributed by atoms with van der Waals surface area (Å²) in [6, 6.07) is 12.4. The molecule has 18 heavy (non-hydrogen) atoms. The van der Waals surface area contributed by atoms with Crippen LogP contribution >= 0.6 is 12.6 Å². The average molecular weight is 260 g/mol. The van der Waals surface area contributed by atoms with Crippen molar-refractivity contribution >= 4 is 23.4 Å². The highest BCUT2D eigenvalue weighted by Gasteiger charge is 1.98. The first-order valence-electron chi connectivity index (χ1n) is 6.65. The van der Waals surface area contributed by atoms with Crippen molar-refractivity contribution in [1.82, 2.24) is 0 Å². The molecule has 0 radical (unpaired) electrons. The van der Waals surface area contributed by atoms with Crippen molar-refractivity contribution in [2.75, 3.05) is 6.61 Å². The lowest BCUT2D eigenvalue weighted by molar-refractivity contribution is 0.305. The summed E-state index contributed by atoms with van der Waals surface area (Å²) < 4.78 is 5.77. The second-order valence-electron chi connectivity index (χ2n) is 4.60. The molecule has 0 bridgehead atoms. The van der Waals surface area contributed by atoms with Gasteiger partial charge >= 0.3 is 0 Å². The molecular weight excluding hydrogens is 240 g/mol. The summed E-state index contributed by atoms with van der Waals surface area (Å²) >= 11 is 4.34. The lowest BCUT2D eigenvalue weighted by Crippen LogP contribution is -1.96. The Balaban J connectivity index is 1.95. The smallest absolute Gasteiger partial charge is 0.119 e. The van der Waals surface area contributed by atoms with Crippen molar-refractivity contribution in [3.05, 3.63) is 36.4 Å². The lowest BCUT2D eigenvalue weighted by Gasteiger charge is -2.07. The predicted octanol–water partition coefficient (Wildman–Crippen LogP) is 5.09. The van der Waals surface area contributed by atoms with Gasteiger partial charge in [-0.15, -0.1) is 12.6 Å². The van der Waals surface area contributed by atoms with E-state index in [-0.39, 0.29) is 0 Å². The molecule has 0 unspecified atom stereocenters. The molecule has 96 valence electrons. The minimum absolute atomic E-state index is 0.816. The van der Waals surface area contributed by atoms with Gasteiger partial charge in [0.1, 0.15) is 5.75 Å². The maximum Gasteiger partial charge on any atom is 0.119 e. The van der Waals surface area contributed by atoms with Gasteiger partial charge in [-0.25, -0.2) is 0 Å². The summed E-state index contributed by atoms with van der Waals surface area (Å²) in [4.78, 5) is 0.996. The Hall–Kier alpha value is -1.15. The number of ether oxygens (including phenoxy) is 1. The lowest BCUT2D eigenvalue weighted by atomic mass is 10.1. The molecule has 0 atom stereocenters. The second-order valence-corrected chi connectivity index (χ2v) is 5.12. The van der Waals surface area contributed by atoms with E-state index >= 15 is 0 Å². The number of unbranched alkanes of at least 4 members (excludes halogenated alkanes) is 3. The van der Waals surface area contributed by atoms with E-state index in [1.807, 2.05) is 12.1 Å². The fourth-order valence-electron chi connectivity index (χ4n) is 2.02. The van der Waals surface area contributed by atoms with Crippen LogP contribution in [0, 0.1) is 0 Å². The highest BCUT2D eigenvalue weighted by atomic mass is 32.1. The second kappa shape index (κ2) is 6.69. The van der Waals surface area contributed by atoms with Gasteiger partial charge in [0, 0.05) is 4.90 Å². The van der Waals surface area contributed by atoms with E-state index in [1.54, 1.807) is 0 Å². The fraction of sp³-hybridized carbons (Fsp3) is 0.375. The van der Waals surface area contributed by atoms with Gasteiger partial charge in [0.25, 0.3) is 0 Å². The predicted molar refractivity (Wildman–Crippen MR) is 80.8 cm³/mol. The van der Waals surface area contributed by atoms with E-state index in [0.29, 0.717) is 0 Å². The topological polar surface area (TPSA) is 9.23 Å². The molecule has 0 amide bonds. The number of hydrogen-bond donors (Lipinski definition) is 1. The Morgan fingerprint density at radius 1 is 0.944 bits per heavy atom. The van der Waals surface area contributed by atoms with Gasteiger partial charge in [0.2, 0.25) is 0 Å². The molecule has 0 fully saturated rings. The van der Waals surface area contributed by atoms with Crippen LogP contribution in [0.3, 0.4) is 0 Å². The van der Waals surface area contributed by atoms with Crippen LogP contribution in [0.25, 0.3) is 10.8 Å². The van der Waals surface area contributed by atoms with E-state index in [2.05, 4.69) is 43.8 Å². The van der Waals surface area contributed by atoms with Crippen LogP contribution in [0.4, 0.5) is 0 Å². The fourth-order valence-corrected chi connectivity index (χ4v) is 2.23. The van der Waals surface area contributed by atoms with Crippen molar-refractivity contribution in [2.45, 2.75) is 37.5 Å². The zero-order chi connectivity index (χ0) is 12.8. The number of thiol groups is 1. The van der Waals surface area contributed by atoms with Gasteiger partial charge in [-0.05, 0) is 41.5 Å². The molecule has 2 aromatic carbocycles. The first kappa shape index (κ1) is 13.3. The first-order chi connectivity index (χ1) is 8.79. The Morgan fingerprint density at radius 3 is 2.56 bits per heavy atom. The molecule has 0 heterocycles. The molecule has 2 rings (SSSR count). The van der Waals surface area contributed by atoms with E-state index in [9.17, 15) is 0 Å². The van der Waals surface area contributed by atoms with Crippen molar-refractivity contribution in [3.8, 4) is 5.75 Å². The molecule has 0 aliphatic heterocycles. The first-order valence-corrected chi connectivity index (χ1v) is 7.10. The Morgan fingerprint density at radius 2 is 1.72 bits per heavy atom. The van der Waals surface area contributed by atoms with Gasteiger partial charge < -0.3 is 4.74 Å². The largest absolute Gasteiger partial charge is 0.494 e. The summed E-state index contributed by atoms with van der Waals surface area (Å²) in [6.07, 6.45) is 4.96. The van der Waals surface area contributed by atoms with Gasteiger partial charge in [-0.3, -0.25) is 0 Å². The highest BCUT2D eigenvalue weighted by molar-refractivity contribution is 7.80. The highest BCUT2D eigenvalue weighted by Crippen LogP contribution is 2.23. The van der Waals surface area contributed by atoms with Crippen molar-refractivity contribution in [3.63, 3.8) is 0 Å². The van der Waals surface area contributed by atoms with Gasteiger partial charge in [-0.1, -0.05) is 38.3 Å². The van der Waals surface area contributed by atoms with Gasteiger partial charge in [0.15, 0.2) is 0 Å². The maximum atomic E-state index is 5.77. The normalized spacial score (nSPS) is 10.8. The van der Waals surface area contributed by atoms with Crippen molar-refractivity contribution in [2.24, 2.45) is 0 Å². The zero-order valence-electron chi connectivity index (χ0n) is 10.9. The monoisotopic (exact) mass is 260 g/mol. The molecule has 0 aliphatic carbocycles. The zero-order valence-corrected chi connectivity index (χ0v) is 11.7. The minimum atomic E-state index is 0.816. The third-order valence-electron chi connectivity index (χ3n) is 3.06. The Kier molecular flexibility index (Phi) is 4.94. The van der Waals surface area contributed by atoms with Crippen LogP contribution in [0.1, 0.15) is 32.6 Å². The Bertz CT molecular complexity index is 507. The van der Waals surface area contributed by atoms with E-state index < -0.39 is 0 Å². The van der Waals surface area contributed by atoms with E-state index in [0.717, 1.165) is 23.7 Å². The molecule has 0 aliphatic rings. The molecule has 0 saturated heterocycles. The number of hydrogen-bond acceptors (Lipinski definition) is 2. The third kappa shape index (κ3) is 3.67. The van der Waals surface area contributed by atoms with Crippen LogP contribution in [0.15, 0.2) is 41.3 Å². The summed E-state index contributed by atoms with van der Waals surface area (Å²) in [5.74, 6) is 0.964. The van der Waals surface area contributed by atoms with E-state index in [4.69, 9.17) is 4.74 Å². The van der Waals surface area contributed by atoms with Gasteiger partial charge in [0.05, 0.1) is 6.61 Å². The molecular formula is C16H20OS. The summed E-state index contributed by atoms with van der Waals surface area (Å²) in [7, 11) is 0. The van der Waals surface area contributed by atoms with Crippen molar-refractivity contribution < 1.29 is 4.74 Å². The van der Waals surface area contributed by atoms with Crippen LogP contribution in [-0.2, 0) is 0 Å². The SMILES string of the molecule is CCCCCCOc1ccc2cc(S)ccc2c1. The number of benzene rings is 2. The maximum absolute atomic E-state index is 5.77. The molecule has 0 aromatic heterocycles. The molecule has 1 nitrogen and oxygen atoms in total. The van der Waals surface area contributed by atoms with E-state index in [1.165, 1.54) is 30.0 Å². The number of fused-ring (bicyclic) bond motifs is 1.